The molecule has 4 aliphatic carbocycles. The average Bonchev–Trinajstić information content (AvgIpc) is 3.85. The van der Waals surface area contributed by atoms with Gasteiger partial charge in [-0.3, -0.25) is 61.7 Å². The molecular formula is C36H56FeN8O8. The minimum Gasteiger partial charge on any atom is -0.481 e. The van der Waals surface area contributed by atoms with Gasteiger partial charge < -0.3 is 20.4 Å². The van der Waals surface area contributed by atoms with Gasteiger partial charge in [-0.05, 0) is 124 Å². The summed E-state index contributed by atoms with van der Waals surface area (Å²) in [5.74, 6) is -3.70. The standard InChI is InChI=1S/C36H56N8O8.Fe/c45-33(46)13-1-5-17-21(9-13)29-38-25(17)37-26-18-6-2-15(35(49)50)11-23(18)31(39-26)44-32-24-12-16(36(51)52)4-8-20(24)28(43-32)42-30-22-10-14(34(47)48)3-7-19(22)27(40-29)41-30;/h13-32,37-44H,1-12H2,(H,45,46)(H,47,48)(H,49,50)(H,51,52);. The number of rotatable bonds is 4. The van der Waals surface area contributed by atoms with E-state index in [0.717, 1.165) is 25.7 Å². The van der Waals surface area contributed by atoms with Crippen LogP contribution in [0.3, 0.4) is 0 Å². The van der Waals surface area contributed by atoms with Gasteiger partial charge in [0.05, 0.1) is 73.0 Å². The van der Waals surface area contributed by atoms with Crippen molar-refractivity contribution in [3.8, 4) is 0 Å². The molecule has 16 nitrogen and oxygen atoms in total. The second-order valence-corrected chi connectivity index (χ2v) is 17.9. The summed E-state index contributed by atoms with van der Waals surface area (Å²) >= 11 is 0. The van der Waals surface area contributed by atoms with Crippen molar-refractivity contribution in [2.24, 2.45) is 71.0 Å². The summed E-state index contributed by atoms with van der Waals surface area (Å²) in [5.41, 5.74) is 0. The normalized spacial score (nSPS) is 51.5. The van der Waals surface area contributed by atoms with Crippen molar-refractivity contribution in [2.75, 3.05) is 0 Å². The van der Waals surface area contributed by atoms with Crippen molar-refractivity contribution < 1.29 is 56.7 Å². The molecule has 9 rings (SSSR count). The third-order valence-electron chi connectivity index (χ3n) is 15.5. The molecule has 0 aromatic rings. The maximum absolute atomic E-state index is 12.3. The van der Waals surface area contributed by atoms with Gasteiger partial charge in [-0.15, -0.1) is 0 Å². The number of carboxylic acids is 4. The van der Waals surface area contributed by atoms with Crippen molar-refractivity contribution in [2.45, 2.75) is 126 Å². The molecule has 17 heteroatoms. The molecule has 0 spiro atoms. The number of hydrogen-bond donors (Lipinski definition) is 12. The van der Waals surface area contributed by atoms with Crippen LogP contribution in [0.1, 0.15) is 77.0 Å². The predicted molar refractivity (Wildman–Crippen MR) is 183 cm³/mol. The molecule has 4 saturated carbocycles. The minimum atomic E-state index is -0.763. The van der Waals surface area contributed by atoms with Crippen molar-refractivity contribution in [1.29, 1.82) is 0 Å². The van der Waals surface area contributed by atoms with Gasteiger partial charge in [0.25, 0.3) is 0 Å². The Balaban J connectivity index is 0.00000400. The van der Waals surface area contributed by atoms with Crippen LogP contribution >= 0.6 is 0 Å². The Morgan fingerprint density at radius 1 is 0.302 bits per heavy atom. The quantitative estimate of drug-likeness (QED) is 0.166. The van der Waals surface area contributed by atoms with E-state index in [2.05, 4.69) is 42.5 Å². The summed E-state index contributed by atoms with van der Waals surface area (Å²) in [6, 6.07) is 0. The fourth-order valence-electron chi connectivity index (χ4n) is 12.9. The number of carboxylic acid groups (broad SMARTS) is 4. The summed E-state index contributed by atoms with van der Waals surface area (Å²) in [6.07, 6.45) is 6.66. The first-order chi connectivity index (χ1) is 25.0. The second-order valence-electron chi connectivity index (χ2n) is 17.9. The molecular weight excluding hydrogens is 728 g/mol. The summed E-state index contributed by atoms with van der Waals surface area (Å²) in [7, 11) is 0. The maximum atomic E-state index is 12.3. The zero-order valence-corrected chi connectivity index (χ0v) is 30.9. The third kappa shape index (κ3) is 6.84. The van der Waals surface area contributed by atoms with Gasteiger partial charge in [0.1, 0.15) is 0 Å². The minimum absolute atomic E-state index is 0. The van der Waals surface area contributed by atoms with Crippen molar-refractivity contribution in [3.63, 3.8) is 0 Å². The fraction of sp³-hybridized carbons (Fsp3) is 0.889. The summed E-state index contributed by atoms with van der Waals surface area (Å²) < 4.78 is 0. The van der Waals surface area contributed by atoms with E-state index in [4.69, 9.17) is 0 Å². The summed E-state index contributed by atoms with van der Waals surface area (Å²) in [5, 5.41) is 71.4. The Morgan fingerprint density at radius 3 is 0.642 bits per heavy atom. The van der Waals surface area contributed by atoms with Crippen LogP contribution in [0, 0.1) is 71.0 Å². The molecule has 53 heavy (non-hydrogen) atoms. The molecule has 296 valence electrons. The molecule has 9 aliphatic rings. The molecule has 20 atom stereocenters. The molecule has 5 aliphatic heterocycles. The van der Waals surface area contributed by atoms with E-state index in [1.807, 2.05) is 0 Å². The van der Waals surface area contributed by atoms with Gasteiger partial charge in [0, 0.05) is 17.1 Å². The summed E-state index contributed by atoms with van der Waals surface area (Å²) in [6.45, 7) is 0. The van der Waals surface area contributed by atoms with Crippen LogP contribution in [-0.2, 0) is 36.2 Å². The topological polar surface area (TPSA) is 245 Å². The third-order valence-corrected chi connectivity index (χ3v) is 15.5. The van der Waals surface area contributed by atoms with Crippen molar-refractivity contribution >= 4 is 23.9 Å². The Labute approximate surface area is 319 Å². The number of hydrogen-bond acceptors (Lipinski definition) is 12. The van der Waals surface area contributed by atoms with Gasteiger partial charge in [0.15, 0.2) is 0 Å². The fourth-order valence-corrected chi connectivity index (χ4v) is 12.9. The number of aliphatic carboxylic acids is 4. The zero-order valence-electron chi connectivity index (χ0n) is 29.8. The monoisotopic (exact) mass is 784 g/mol. The van der Waals surface area contributed by atoms with E-state index in [0.29, 0.717) is 51.4 Å². The molecule has 8 bridgehead atoms. The van der Waals surface area contributed by atoms with Crippen molar-refractivity contribution in [1.82, 2.24) is 42.5 Å². The van der Waals surface area contributed by atoms with Crippen molar-refractivity contribution in [3.05, 3.63) is 0 Å². The van der Waals surface area contributed by atoms with E-state index in [-0.39, 0.29) is 114 Å². The van der Waals surface area contributed by atoms with Crippen LogP contribution < -0.4 is 42.5 Å². The van der Waals surface area contributed by atoms with E-state index >= 15 is 0 Å². The molecule has 5 heterocycles. The Bertz CT molecular complexity index is 1450. The number of fused-ring (bicyclic) bond motifs is 20. The first-order valence-corrected chi connectivity index (χ1v) is 20.0. The Hall–Kier alpha value is -1.92. The first-order valence-electron chi connectivity index (χ1n) is 20.0. The number of carbonyl (C=O) groups is 4. The summed E-state index contributed by atoms with van der Waals surface area (Å²) in [4.78, 5) is 49.0. The smallest absolute Gasteiger partial charge is 0.306 e. The second kappa shape index (κ2) is 14.9. The molecule has 20 unspecified atom stereocenters. The molecule has 12 N–H and O–H groups in total. The van der Waals surface area contributed by atoms with E-state index in [1.54, 1.807) is 0 Å². The molecule has 0 aromatic heterocycles. The van der Waals surface area contributed by atoms with Crippen LogP contribution in [0.25, 0.3) is 0 Å². The molecule has 5 saturated heterocycles. The van der Waals surface area contributed by atoms with Gasteiger partial charge in [-0.2, -0.15) is 0 Å². The maximum Gasteiger partial charge on any atom is 0.306 e. The van der Waals surface area contributed by atoms with Gasteiger partial charge in [0.2, 0.25) is 0 Å². The van der Waals surface area contributed by atoms with E-state index in [9.17, 15) is 39.6 Å². The van der Waals surface area contributed by atoms with E-state index in [1.165, 1.54) is 0 Å². The average molecular weight is 785 g/mol. The van der Waals surface area contributed by atoms with Crippen LogP contribution in [0.2, 0.25) is 0 Å². The van der Waals surface area contributed by atoms with Gasteiger partial charge in [-0.25, -0.2) is 0 Å². The largest absolute Gasteiger partial charge is 0.481 e. The Morgan fingerprint density at radius 2 is 0.472 bits per heavy atom. The predicted octanol–water partition coefficient (Wildman–Crippen LogP) is -0.154. The molecule has 0 radical (unpaired) electrons. The first kappa shape index (κ1) is 38.0. The van der Waals surface area contributed by atoms with Crippen LogP contribution in [0.15, 0.2) is 0 Å². The number of nitrogens with one attached hydrogen (secondary N) is 8. The Kier molecular flexibility index (Phi) is 10.7. The van der Waals surface area contributed by atoms with Crippen LogP contribution in [-0.4, -0.2) is 93.6 Å². The molecule has 0 aromatic carbocycles. The molecule has 9 fully saturated rings. The zero-order chi connectivity index (χ0) is 36.0. The van der Waals surface area contributed by atoms with Gasteiger partial charge in [-0.1, -0.05) is 0 Å². The van der Waals surface area contributed by atoms with E-state index < -0.39 is 47.5 Å². The van der Waals surface area contributed by atoms with Crippen LogP contribution in [0.4, 0.5) is 0 Å². The SMILES string of the molecule is O=C(O)C1CCC2C3NC4NC(NC5NC(NC6NC(NC(N3)C2C1)C1CCC(C(=O)O)CC61)C1CCC(C(=O)O)CC51)C1CC(C(=O)O)CCC41.[Fe]. The van der Waals surface area contributed by atoms with Crippen LogP contribution in [0.5, 0.6) is 0 Å². The van der Waals surface area contributed by atoms with Gasteiger partial charge >= 0.3 is 23.9 Å². The molecule has 0 amide bonds.